The zero-order valence-corrected chi connectivity index (χ0v) is 15.3. The van der Waals surface area contributed by atoms with E-state index in [4.69, 9.17) is 0 Å². The van der Waals surface area contributed by atoms with Crippen molar-refractivity contribution in [2.24, 2.45) is 23.2 Å². The third kappa shape index (κ3) is 2.42. The number of fused-ring (bicyclic) bond motifs is 2. The summed E-state index contributed by atoms with van der Waals surface area (Å²) in [6.45, 7) is 1.90. The monoisotopic (exact) mass is 364 g/mol. The van der Waals surface area contributed by atoms with Crippen LogP contribution in [0.25, 0.3) is 10.9 Å². The molecule has 0 radical (unpaired) electrons. The lowest BCUT2D eigenvalue weighted by molar-refractivity contribution is -0.133. The molecule has 0 bridgehead atoms. The zero-order chi connectivity index (χ0) is 18.2. The molecule has 2 aromatic rings. The van der Waals surface area contributed by atoms with E-state index < -0.39 is 0 Å². The smallest absolute Gasteiger partial charge is 0.241 e. The Labute approximate surface area is 157 Å². The van der Waals surface area contributed by atoms with Crippen molar-refractivity contribution in [2.45, 2.75) is 38.3 Å². The Morgan fingerprint density at radius 2 is 1.96 bits per heavy atom. The van der Waals surface area contributed by atoms with Crippen LogP contribution in [0.1, 0.15) is 25.7 Å². The molecule has 1 aromatic heterocycles. The van der Waals surface area contributed by atoms with Crippen molar-refractivity contribution in [1.29, 1.82) is 0 Å². The number of piperidine rings is 1. The molecule has 6 rings (SSSR count). The second-order valence-corrected chi connectivity index (χ2v) is 9.02. The van der Waals surface area contributed by atoms with Crippen molar-refractivity contribution in [2.75, 3.05) is 13.1 Å². The number of benzene rings is 1. The zero-order valence-electron chi connectivity index (χ0n) is 15.3. The molecule has 3 saturated carbocycles. The van der Waals surface area contributed by atoms with Crippen molar-refractivity contribution < 1.29 is 9.59 Å². The maximum Gasteiger partial charge on any atom is 0.241 e. The summed E-state index contributed by atoms with van der Waals surface area (Å²) in [5.41, 5.74) is 1.32. The highest BCUT2D eigenvalue weighted by atomic mass is 16.2. The number of hydrogen-bond acceptors (Lipinski definition) is 3. The molecule has 1 aliphatic heterocycles. The Balaban J connectivity index is 1.02. The number of carbonyl (C=O) groups is 2. The third-order valence-electron chi connectivity index (χ3n) is 7.44. The van der Waals surface area contributed by atoms with Gasteiger partial charge in [0.15, 0.2) is 0 Å². The Morgan fingerprint density at radius 1 is 1.19 bits per heavy atom. The van der Waals surface area contributed by atoms with Crippen LogP contribution in [-0.2, 0) is 16.1 Å². The molecule has 1 aromatic carbocycles. The topological polar surface area (TPSA) is 67.2 Å². The lowest BCUT2D eigenvalue weighted by Gasteiger charge is -2.28. The Hall–Kier alpha value is -2.37. The maximum atomic E-state index is 12.7. The van der Waals surface area contributed by atoms with Gasteiger partial charge in [-0.25, -0.2) is 0 Å². The van der Waals surface area contributed by atoms with E-state index in [1.54, 1.807) is 4.68 Å². The molecule has 6 nitrogen and oxygen atoms in total. The Bertz CT molecular complexity index is 902. The van der Waals surface area contributed by atoms with Crippen LogP contribution >= 0.6 is 0 Å². The summed E-state index contributed by atoms with van der Waals surface area (Å²) in [4.78, 5) is 27.1. The molecule has 1 N–H and O–H groups in total. The number of likely N-dealkylation sites (tertiary alicyclic amines) is 1. The fourth-order valence-corrected chi connectivity index (χ4v) is 5.50. The van der Waals surface area contributed by atoms with Crippen molar-refractivity contribution in [3.63, 3.8) is 0 Å². The molecule has 3 aliphatic carbocycles. The Morgan fingerprint density at radius 3 is 2.63 bits per heavy atom. The first-order valence-corrected chi connectivity index (χ1v) is 10.1. The molecule has 1 saturated heterocycles. The second kappa shape index (κ2) is 5.33. The lowest BCUT2D eigenvalue weighted by Crippen LogP contribution is -2.40. The highest BCUT2D eigenvalue weighted by Crippen LogP contribution is 2.66. The molecule has 6 heteroatoms. The molecular formula is C21H24N4O2. The first-order valence-electron chi connectivity index (χ1n) is 10.1. The third-order valence-corrected chi connectivity index (χ3v) is 7.44. The summed E-state index contributed by atoms with van der Waals surface area (Å²) in [7, 11) is 0. The molecule has 1 spiro atoms. The summed E-state index contributed by atoms with van der Waals surface area (Å²) in [6, 6.07) is 8.12. The molecule has 2 heterocycles. The van der Waals surface area contributed by atoms with E-state index in [9.17, 15) is 9.59 Å². The van der Waals surface area contributed by atoms with Crippen LogP contribution in [0.5, 0.6) is 0 Å². The average Bonchev–Trinajstić information content (AvgIpc) is 3.39. The van der Waals surface area contributed by atoms with Gasteiger partial charge < -0.3 is 10.2 Å². The maximum absolute atomic E-state index is 12.7. The minimum Gasteiger partial charge on any atom is -0.351 e. The summed E-state index contributed by atoms with van der Waals surface area (Å²) >= 11 is 0. The number of aromatic nitrogens is 2. The van der Waals surface area contributed by atoms with Gasteiger partial charge in [0.05, 0.1) is 5.52 Å². The number of nitrogens with one attached hydrogen (secondary N) is 1. The Kier molecular flexibility index (Phi) is 3.09. The normalized spacial score (nSPS) is 32.2. The van der Waals surface area contributed by atoms with E-state index in [0.29, 0.717) is 29.1 Å². The van der Waals surface area contributed by atoms with Crippen molar-refractivity contribution >= 4 is 22.7 Å². The fourth-order valence-electron chi connectivity index (χ4n) is 5.50. The molecule has 4 aliphatic rings. The van der Waals surface area contributed by atoms with Gasteiger partial charge in [-0.15, -0.1) is 0 Å². The van der Waals surface area contributed by atoms with Gasteiger partial charge in [-0.05, 0) is 30.7 Å². The largest absolute Gasteiger partial charge is 0.351 e. The van der Waals surface area contributed by atoms with Gasteiger partial charge in [-0.1, -0.05) is 24.6 Å². The number of hydrogen-bond donors (Lipinski definition) is 1. The molecule has 2 unspecified atom stereocenters. The van der Waals surface area contributed by atoms with Gasteiger partial charge in [0, 0.05) is 48.5 Å². The summed E-state index contributed by atoms with van der Waals surface area (Å²) < 4.78 is 1.71. The van der Waals surface area contributed by atoms with E-state index in [1.165, 1.54) is 19.3 Å². The second-order valence-electron chi connectivity index (χ2n) is 9.02. The van der Waals surface area contributed by atoms with E-state index in [2.05, 4.69) is 15.3 Å². The lowest BCUT2D eigenvalue weighted by atomic mass is 9.79. The first kappa shape index (κ1) is 15.7. The molecular weight excluding hydrogens is 340 g/mol. The summed E-state index contributed by atoms with van der Waals surface area (Å²) in [5.74, 6) is 1.60. The van der Waals surface area contributed by atoms with Crippen LogP contribution in [-0.4, -0.2) is 45.6 Å². The van der Waals surface area contributed by atoms with Crippen molar-refractivity contribution in [1.82, 2.24) is 20.0 Å². The number of carbonyl (C=O) groups excluding carboxylic acids is 2. The van der Waals surface area contributed by atoms with Gasteiger partial charge in [0.25, 0.3) is 0 Å². The van der Waals surface area contributed by atoms with Crippen LogP contribution in [0.3, 0.4) is 0 Å². The summed E-state index contributed by atoms with van der Waals surface area (Å²) in [6.07, 6.45) is 6.84. The van der Waals surface area contributed by atoms with Crippen LogP contribution < -0.4 is 5.32 Å². The number of nitrogens with zero attached hydrogens (tertiary/aromatic N) is 3. The molecule has 4 atom stereocenters. The predicted molar refractivity (Wildman–Crippen MR) is 99.6 cm³/mol. The highest BCUT2D eigenvalue weighted by molar-refractivity contribution is 5.84. The summed E-state index contributed by atoms with van der Waals surface area (Å²) in [5, 5.41) is 8.65. The van der Waals surface area contributed by atoms with Crippen LogP contribution in [0.15, 0.2) is 30.5 Å². The molecule has 27 heavy (non-hydrogen) atoms. The molecule has 140 valence electrons. The number of rotatable bonds is 4. The molecule has 2 amide bonds. The van der Waals surface area contributed by atoms with Gasteiger partial charge in [-0.2, -0.15) is 5.10 Å². The predicted octanol–water partition coefficient (Wildman–Crippen LogP) is 1.80. The first-order chi connectivity index (χ1) is 13.1. The highest BCUT2D eigenvalue weighted by Gasteiger charge is 2.64. The van der Waals surface area contributed by atoms with Gasteiger partial charge >= 0.3 is 0 Å². The van der Waals surface area contributed by atoms with Crippen LogP contribution in [0, 0.1) is 23.2 Å². The SMILES string of the molecule is O=C(Cn1cc2ccccc2n1)NC1[C@H]2CN(C(=O)C3CC34CCC4)C[C@@H]12. The minimum absolute atomic E-state index is 0.00990. The average molecular weight is 364 g/mol. The van der Waals surface area contributed by atoms with Gasteiger partial charge in [0.2, 0.25) is 11.8 Å². The van der Waals surface area contributed by atoms with E-state index in [0.717, 1.165) is 30.4 Å². The fraction of sp³-hybridized carbons (Fsp3) is 0.571. The van der Waals surface area contributed by atoms with E-state index in [1.807, 2.05) is 30.5 Å². The van der Waals surface area contributed by atoms with Gasteiger partial charge in [-0.3, -0.25) is 14.3 Å². The van der Waals surface area contributed by atoms with Crippen LogP contribution in [0.2, 0.25) is 0 Å². The van der Waals surface area contributed by atoms with E-state index >= 15 is 0 Å². The quantitative estimate of drug-likeness (QED) is 0.900. The standard InChI is InChI=1S/C21H24N4O2/c26-18(12-25-9-13-4-1-2-5-17(13)23-25)22-19-14-10-24(11-15(14)19)20(27)16-8-21(16)6-3-7-21/h1-2,4-5,9,14-16,19H,3,6-8,10-12H2,(H,22,26)/t14-,15+,16?,19?. The van der Waals surface area contributed by atoms with E-state index in [-0.39, 0.29) is 18.5 Å². The van der Waals surface area contributed by atoms with Crippen molar-refractivity contribution in [3.05, 3.63) is 30.5 Å². The van der Waals surface area contributed by atoms with Crippen molar-refractivity contribution in [3.8, 4) is 0 Å². The van der Waals surface area contributed by atoms with Gasteiger partial charge in [0.1, 0.15) is 6.54 Å². The van der Waals surface area contributed by atoms with Crippen LogP contribution in [0.4, 0.5) is 0 Å². The molecule has 4 fully saturated rings. The minimum atomic E-state index is 0.00990. The number of amides is 2.